The van der Waals surface area contributed by atoms with Crippen molar-refractivity contribution in [1.82, 2.24) is 5.32 Å². The Labute approximate surface area is 135 Å². The van der Waals surface area contributed by atoms with E-state index in [0.29, 0.717) is 0 Å². The molecule has 1 fully saturated rings. The van der Waals surface area contributed by atoms with Gasteiger partial charge in [0.05, 0.1) is 0 Å². The Hall–Kier alpha value is -0.340. The molecule has 0 aromatic carbocycles. The molecule has 1 nitrogen and oxygen atoms in total. The average molecular weight is 308 g/mol. The van der Waals surface area contributed by atoms with E-state index in [-0.39, 0.29) is 0 Å². The normalized spacial score (nSPS) is 26.4. The van der Waals surface area contributed by atoms with Gasteiger partial charge in [-0.2, -0.15) is 0 Å². The minimum atomic E-state index is 0.761. The molecule has 1 aliphatic rings. The summed E-state index contributed by atoms with van der Waals surface area (Å²) >= 11 is 1.94. The Morgan fingerprint density at radius 1 is 1.29 bits per heavy atom. The van der Waals surface area contributed by atoms with Gasteiger partial charge in [0.15, 0.2) is 0 Å². The van der Waals surface area contributed by atoms with Gasteiger partial charge < -0.3 is 5.32 Å². The Bertz CT molecular complexity index is 371. The van der Waals surface area contributed by atoms with Crippen LogP contribution in [0.1, 0.15) is 57.8 Å². The molecule has 0 bridgehead atoms. The summed E-state index contributed by atoms with van der Waals surface area (Å²) in [5.74, 6) is 3.53. The molecule has 0 aliphatic heterocycles. The van der Waals surface area contributed by atoms with E-state index in [4.69, 9.17) is 0 Å². The van der Waals surface area contributed by atoms with Crippen molar-refractivity contribution in [3.05, 3.63) is 22.4 Å². The lowest BCUT2D eigenvalue weighted by Crippen LogP contribution is -2.35. The smallest absolute Gasteiger partial charge is 0.00480 e. The van der Waals surface area contributed by atoms with Crippen molar-refractivity contribution in [2.75, 3.05) is 13.1 Å². The third-order valence-corrected chi connectivity index (χ3v) is 5.85. The highest BCUT2D eigenvalue weighted by molar-refractivity contribution is 7.09. The van der Waals surface area contributed by atoms with Crippen molar-refractivity contribution in [1.29, 1.82) is 0 Å². The maximum absolute atomic E-state index is 3.71. The van der Waals surface area contributed by atoms with E-state index >= 15 is 0 Å². The number of nitrogens with one attached hydrogen (secondary N) is 1. The first kappa shape index (κ1) is 17.0. The van der Waals surface area contributed by atoms with Crippen molar-refractivity contribution >= 4 is 11.3 Å². The maximum atomic E-state index is 3.71. The van der Waals surface area contributed by atoms with Gasteiger partial charge in [-0.3, -0.25) is 0 Å². The Morgan fingerprint density at radius 2 is 2.14 bits per heavy atom. The van der Waals surface area contributed by atoms with Crippen LogP contribution in [0.25, 0.3) is 0 Å². The molecule has 0 radical (unpaired) electrons. The fourth-order valence-electron chi connectivity index (χ4n) is 3.86. The molecule has 2 rings (SSSR count). The largest absolute Gasteiger partial charge is 0.316 e. The lowest BCUT2D eigenvalue weighted by Gasteiger charge is -2.36. The zero-order chi connectivity index (χ0) is 15.1. The van der Waals surface area contributed by atoms with Crippen LogP contribution in [0, 0.1) is 23.7 Å². The molecule has 0 amide bonds. The monoisotopic (exact) mass is 307 g/mol. The van der Waals surface area contributed by atoms with E-state index in [1.54, 1.807) is 4.88 Å². The second kappa shape index (κ2) is 8.95. The van der Waals surface area contributed by atoms with Crippen molar-refractivity contribution in [2.24, 2.45) is 23.7 Å². The third kappa shape index (κ3) is 5.75. The van der Waals surface area contributed by atoms with E-state index in [1.165, 1.54) is 51.6 Å². The van der Waals surface area contributed by atoms with Crippen LogP contribution in [0.15, 0.2) is 17.5 Å². The van der Waals surface area contributed by atoms with E-state index in [1.807, 2.05) is 11.3 Å². The van der Waals surface area contributed by atoms with Crippen LogP contribution in [-0.4, -0.2) is 13.1 Å². The van der Waals surface area contributed by atoms with Gasteiger partial charge in [-0.15, -0.1) is 11.3 Å². The molecular formula is C19H33NS. The lowest BCUT2D eigenvalue weighted by atomic mass is 9.71. The fraction of sp³-hybridized carbons (Fsp3) is 0.789. The number of rotatable bonds is 8. The molecule has 1 saturated carbocycles. The Kier molecular flexibility index (Phi) is 7.25. The van der Waals surface area contributed by atoms with Gasteiger partial charge in [-0.25, -0.2) is 0 Å². The summed E-state index contributed by atoms with van der Waals surface area (Å²) < 4.78 is 0. The van der Waals surface area contributed by atoms with E-state index in [2.05, 4.69) is 43.6 Å². The van der Waals surface area contributed by atoms with Crippen LogP contribution in [0.2, 0.25) is 0 Å². The molecule has 120 valence electrons. The van der Waals surface area contributed by atoms with Gasteiger partial charge in [0.1, 0.15) is 0 Å². The molecule has 1 aromatic heterocycles. The van der Waals surface area contributed by atoms with Crippen molar-refractivity contribution in [3.63, 3.8) is 0 Å². The van der Waals surface area contributed by atoms with Crippen molar-refractivity contribution in [2.45, 2.75) is 59.3 Å². The summed E-state index contributed by atoms with van der Waals surface area (Å²) in [6.45, 7) is 9.33. The summed E-state index contributed by atoms with van der Waals surface area (Å²) in [6, 6.07) is 4.53. The first-order chi connectivity index (χ1) is 10.2. The van der Waals surface area contributed by atoms with Gasteiger partial charge in [0, 0.05) is 4.88 Å². The first-order valence-electron chi connectivity index (χ1n) is 8.92. The Balaban J connectivity index is 1.89. The molecule has 3 unspecified atom stereocenters. The summed E-state index contributed by atoms with van der Waals surface area (Å²) in [7, 11) is 0. The molecular weight excluding hydrogens is 274 g/mol. The molecule has 3 atom stereocenters. The van der Waals surface area contributed by atoms with Gasteiger partial charge in [-0.1, -0.05) is 46.1 Å². The molecule has 0 spiro atoms. The Morgan fingerprint density at radius 3 is 2.81 bits per heavy atom. The van der Waals surface area contributed by atoms with Crippen LogP contribution in [0.4, 0.5) is 0 Å². The predicted molar refractivity (Wildman–Crippen MR) is 95.0 cm³/mol. The van der Waals surface area contributed by atoms with E-state index in [0.717, 1.165) is 23.7 Å². The SMILES string of the molecule is CCCC1CCC(CNCC(C)C)C(Cc2cccs2)C1. The van der Waals surface area contributed by atoms with Crippen molar-refractivity contribution < 1.29 is 0 Å². The van der Waals surface area contributed by atoms with Crippen LogP contribution in [0.5, 0.6) is 0 Å². The summed E-state index contributed by atoms with van der Waals surface area (Å²) in [5.41, 5.74) is 0. The predicted octanol–water partition coefficient (Wildman–Crippen LogP) is 5.37. The van der Waals surface area contributed by atoms with Gasteiger partial charge in [0.2, 0.25) is 0 Å². The minimum Gasteiger partial charge on any atom is -0.316 e. The highest BCUT2D eigenvalue weighted by Crippen LogP contribution is 2.38. The molecule has 21 heavy (non-hydrogen) atoms. The average Bonchev–Trinajstić information content (AvgIpc) is 2.94. The molecule has 1 heterocycles. The fourth-order valence-corrected chi connectivity index (χ4v) is 4.66. The van der Waals surface area contributed by atoms with Crippen LogP contribution >= 0.6 is 11.3 Å². The van der Waals surface area contributed by atoms with Crippen LogP contribution in [0.3, 0.4) is 0 Å². The maximum Gasteiger partial charge on any atom is 0.00480 e. The molecule has 1 aromatic rings. The van der Waals surface area contributed by atoms with E-state index in [9.17, 15) is 0 Å². The van der Waals surface area contributed by atoms with Gasteiger partial charge in [-0.05, 0) is 67.5 Å². The number of hydrogen-bond donors (Lipinski definition) is 1. The number of hydrogen-bond acceptors (Lipinski definition) is 2. The topological polar surface area (TPSA) is 12.0 Å². The van der Waals surface area contributed by atoms with E-state index < -0.39 is 0 Å². The summed E-state index contributed by atoms with van der Waals surface area (Å²) in [6.07, 6.45) is 8.46. The second-order valence-corrected chi connectivity index (χ2v) is 8.36. The molecule has 1 N–H and O–H groups in total. The van der Waals surface area contributed by atoms with Crippen LogP contribution in [-0.2, 0) is 6.42 Å². The number of thiophene rings is 1. The molecule has 1 aliphatic carbocycles. The zero-order valence-corrected chi connectivity index (χ0v) is 14.9. The third-order valence-electron chi connectivity index (χ3n) is 4.95. The summed E-state index contributed by atoms with van der Waals surface area (Å²) in [4.78, 5) is 1.59. The minimum absolute atomic E-state index is 0.761. The first-order valence-corrected chi connectivity index (χ1v) is 9.80. The van der Waals surface area contributed by atoms with Gasteiger partial charge in [0.25, 0.3) is 0 Å². The highest BCUT2D eigenvalue weighted by Gasteiger charge is 2.30. The quantitative estimate of drug-likeness (QED) is 0.681. The molecule has 2 heteroatoms. The molecule has 0 saturated heterocycles. The summed E-state index contributed by atoms with van der Waals surface area (Å²) in [5, 5.41) is 5.94. The lowest BCUT2D eigenvalue weighted by molar-refractivity contribution is 0.167. The van der Waals surface area contributed by atoms with Crippen molar-refractivity contribution in [3.8, 4) is 0 Å². The second-order valence-electron chi connectivity index (χ2n) is 7.32. The highest BCUT2D eigenvalue weighted by atomic mass is 32.1. The zero-order valence-electron chi connectivity index (χ0n) is 14.1. The standard InChI is InChI=1S/C19H33NS/c1-4-6-16-8-9-17(14-20-13-15(2)3)18(11-16)12-19-7-5-10-21-19/h5,7,10,15-18,20H,4,6,8-9,11-14H2,1-3H3. The van der Waals surface area contributed by atoms with Crippen LogP contribution < -0.4 is 5.32 Å². The van der Waals surface area contributed by atoms with Gasteiger partial charge >= 0.3 is 0 Å².